The first-order valence-corrected chi connectivity index (χ1v) is 8.59. The van der Waals surface area contributed by atoms with Gasteiger partial charge in [0.1, 0.15) is 11.1 Å². The Kier molecular flexibility index (Phi) is 4.13. The molecule has 1 fully saturated rings. The van der Waals surface area contributed by atoms with E-state index in [-0.39, 0.29) is 0 Å². The number of thiazole rings is 1. The minimum atomic E-state index is 0.821. The third-order valence-corrected chi connectivity index (χ3v) is 5.32. The number of nitrogens with zero attached hydrogens (tertiary/aromatic N) is 2. The predicted molar refractivity (Wildman–Crippen MR) is 92.8 cm³/mol. The van der Waals surface area contributed by atoms with Crippen LogP contribution in [0.4, 0.5) is 0 Å². The molecule has 3 rings (SSSR count). The number of aryl methyl sites for hydroxylation is 3. The van der Waals surface area contributed by atoms with Crippen LogP contribution in [-0.4, -0.2) is 4.98 Å². The van der Waals surface area contributed by atoms with Gasteiger partial charge in [-0.1, -0.05) is 17.7 Å². The zero-order valence-corrected chi connectivity index (χ0v) is 14.2. The average Bonchev–Trinajstić information content (AvgIpc) is 3.13. The molecule has 1 aliphatic rings. The summed E-state index contributed by atoms with van der Waals surface area (Å²) in [4.78, 5) is 6.03. The van der Waals surface area contributed by atoms with E-state index >= 15 is 0 Å². The molecule has 0 aliphatic heterocycles. The maximum absolute atomic E-state index is 9.57. The Morgan fingerprint density at radius 2 is 1.91 bits per heavy atom. The molecule has 0 bridgehead atoms. The second-order valence-corrected chi connectivity index (χ2v) is 7.24. The van der Waals surface area contributed by atoms with Crippen LogP contribution in [0.5, 0.6) is 0 Å². The Morgan fingerprint density at radius 1 is 1.18 bits per heavy atom. The molecule has 3 heteroatoms. The highest BCUT2D eigenvalue weighted by molar-refractivity contribution is 7.13. The van der Waals surface area contributed by atoms with Crippen molar-refractivity contribution in [2.45, 2.75) is 46.5 Å². The summed E-state index contributed by atoms with van der Waals surface area (Å²) in [7, 11) is 0. The molecule has 112 valence electrons. The van der Waals surface area contributed by atoms with E-state index in [1.807, 2.05) is 0 Å². The van der Waals surface area contributed by atoms with Gasteiger partial charge >= 0.3 is 0 Å². The van der Waals surface area contributed by atoms with Gasteiger partial charge in [0, 0.05) is 10.4 Å². The number of benzene rings is 1. The fourth-order valence-corrected chi connectivity index (χ4v) is 4.05. The summed E-state index contributed by atoms with van der Waals surface area (Å²) in [5, 5.41) is 10.5. The highest BCUT2D eigenvalue weighted by Crippen LogP contribution is 2.37. The molecule has 0 N–H and O–H groups in total. The van der Waals surface area contributed by atoms with E-state index in [0.717, 1.165) is 29.1 Å². The quantitative estimate of drug-likeness (QED) is 0.678. The smallest absolute Gasteiger partial charge is 0.134 e. The van der Waals surface area contributed by atoms with Crippen molar-refractivity contribution in [2.75, 3.05) is 0 Å². The van der Waals surface area contributed by atoms with Gasteiger partial charge in [-0.05, 0) is 63.7 Å². The molecule has 1 saturated carbocycles. The first kappa shape index (κ1) is 15.0. The van der Waals surface area contributed by atoms with Crippen LogP contribution >= 0.6 is 11.3 Å². The van der Waals surface area contributed by atoms with Gasteiger partial charge in [-0.3, -0.25) is 0 Å². The van der Waals surface area contributed by atoms with E-state index < -0.39 is 0 Å². The van der Waals surface area contributed by atoms with E-state index in [9.17, 15) is 5.26 Å². The maximum Gasteiger partial charge on any atom is 0.134 e. The Labute approximate surface area is 136 Å². The van der Waals surface area contributed by atoms with Gasteiger partial charge in [0.15, 0.2) is 0 Å². The van der Waals surface area contributed by atoms with Gasteiger partial charge in [0.25, 0.3) is 0 Å². The largest absolute Gasteiger partial charge is 0.235 e. The molecule has 2 aromatic rings. The number of rotatable bonds is 2. The van der Waals surface area contributed by atoms with Crippen molar-refractivity contribution in [3.63, 3.8) is 0 Å². The van der Waals surface area contributed by atoms with Crippen molar-refractivity contribution in [3.05, 3.63) is 44.8 Å². The molecule has 1 aliphatic carbocycles. The van der Waals surface area contributed by atoms with Gasteiger partial charge in [-0.2, -0.15) is 5.26 Å². The molecule has 22 heavy (non-hydrogen) atoms. The van der Waals surface area contributed by atoms with Crippen LogP contribution in [0.3, 0.4) is 0 Å². The second kappa shape index (κ2) is 6.06. The van der Waals surface area contributed by atoms with Crippen LogP contribution in [-0.2, 0) is 0 Å². The number of hydrogen-bond donors (Lipinski definition) is 0. The average molecular weight is 308 g/mol. The van der Waals surface area contributed by atoms with Crippen molar-refractivity contribution in [2.24, 2.45) is 0 Å². The summed E-state index contributed by atoms with van der Waals surface area (Å²) in [6.07, 6.45) is 4.52. The zero-order valence-electron chi connectivity index (χ0n) is 13.4. The lowest BCUT2D eigenvalue weighted by Crippen LogP contribution is -1.89. The van der Waals surface area contributed by atoms with E-state index in [2.05, 4.69) is 45.0 Å². The van der Waals surface area contributed by atoms with E-state index in [1.165, 1.54) is 40.0 Å². The minimum Gasteiger partial charge on any atom is -0.235 e. The van der Waals surface area contributed by atoms with Crippen LogP contribution in [0.1, 0.15) is 46.7 Å². The summed E-state index contributed by atoms with van der Waals surface area (Å²) in [5.41, 5.74) is 6.81. The fraction of sp³-hybridized carbons (Fsp3) is 0.368. The van der Waals surface area contributed by atoms with Crippen molar-refractivity contribution < 1.29 is 0 Å². The Hall–Kier alpha value is -1.92. The summed E-state index contributed by atoms with van der Waals surface area (Å²) >= 11 is 1.65. The third kappa shape index (κ3) is 2.71. The molecule has 1 aromatic heterocycles. The monoisotopic (exact) mass is 308 g/mol. The first-order valence-electron chi connectivity index (χ1n) is 7.77. The normalized spacial score (nSPS) is 14.2. The number of nitriles is 1. The molecule has 0 radical (unpaired) electrons. The highest BCUT2D eigenvalue weighted by atomic mass is 32.1. The summed E-state index contributed by atoms with van der Waals surface area (Å²) in [5.74, 6) is 0. The second-order valence-electron chi connectivity index (χ2n) is 6.04. The number of aromatic nitrogens is 1. The van der Waals surface area contributed by atoms with E-state index in [0.29, 0.717) is 0 Å². The maximum atomic E-state index is 9.57. The Balaban J connectivity index is 2.10. The number of hydrogen-bond acceptors (Lipinski definition) is 3. The van der Waals surface area contributed by atoms with Crippen LogP contribution in [0, 0.1) is 32.1 Å². The van der Waals surface area contributed by atoms with Crippen molar-refractivity contribution >= 4 is 16.9 Å². The SMILES string of the molecule is Cc1ccc(C)c(-c2nc(C(C#N)=C3CCCC3)sc2C)c1. The molecular formula is C19H20N2S. The third-order valence-electron chi connectivity index (χ3n) is 4.33. The van der Waals surface area contributed by atoms with Crippen LogP contribution in [0.15, 0.2) is 23.8 Å². The fourth-order valence-electron chi connectivity index (χ4n) is 3.07. The zero-order chi connectivity index (χ0) is 15.7. The van der Waals surface area contributed by atoms with Crippen LogP contribution in [0.2, 0.25) is 0 Å². The van der Waals surface area contributed by atoms with Crippen molar-refractivity contribution in [3.8, 4) is 17.3 Å². The molecule has 1 heterocycles. The molecule has 0 amide bonds. The van der Waals surface area contributed by atoms with E-state index in [4.69, 9.17) is 4.98 Å². The lowest BCUT2D eigenvalue weighted by molar-refractivity contribution is 0.886. The number of allylic oxidation sites excluding steroid dienone is 2. The molecule has 0 spiro atoms. The van der Waals surface area contributed by atoms with Gasteiger partial charge < -0.3 is 0 Å². The first-order chi connectivity index (χ1) is 10.6. The van der Waals surface area contributed by atoms with Crippen LogP contribution in [0.25, 0.3) is 16.8 Å². The summed E-state index contributed by atoms with van der Waals surface area (Å²) in [6, 6.07) is 8.87. The molecular weight excluding hydrogens is 288 g/mol. The van der Waals surface area contributed by atoms with Gasteiger partial charge in [-0.25, -0.2) is 4.98 Å². The van der Waals surface area contributed by atoms with Crippen molar-refractivity contribution in [1.82, 2.24) is 4.98 Å². The topological polar surface area (TPSA) is 36.7 Å². The predicted octanol–water partition coefficient (Wildman–Crippen LogP) is 5.59. The molecule has 1 aromatic carbocycles. The van der Waals surface area contributed by atoms with Gasteiger partial charge in [0.05, 0.1) is 11.3 Å². The molecule has 0 atom stereocenters. The molecule has 0 unspecified atom stereocenters. The Bertz CT molecular complexity index is 782. The summed E-state index contributed by atoms with van der Waals surface area (Å²) < 4.78 is 0. The van der Waals surface area contributed by atoms with E-state index in [1.54, 1.807) is 11.3 Å². The standard InChI is InChI=1S/C19H20N2S/c1-12-8-9-13(2)16(10-12)18-14(3)22-19(21-18)17(11-20)15-6-4-5-7-15/h8-10H,4-7H2,1-3H3. The Morgan fingerprint density at radius 3 is 2.59 bits per heavy atom. The summed E-state index contributed by atoms with van der Waals surface area (Å²) in [6.45, 7) is 6.33. The van der Waals surface area contributed by atoms with Crippen molar-refractivity contribution in [1.29, 1.82) is 5.26 Å². The lowest BCUT2D eigenvalue weighted by Gasteiger charge is -2.05. The molecule has 2 nitrogen and oxygen atoms in total. The van der Waals surface area contributed by atoms with Gasteiger partial charge in [-0.15, -0.1) is 11.3 Å². The molecule has 0 saturated heterocycles. The minimum absolute atomic E-state index is 0.821. The van der Waals surface area contributed by atoms with Gasteiger partial charge in [0.2, 0.25) is 0 Å². The van der Waals surface area contributed by atoms with Crippen LogP contribution < -0.4 is 0 Å². The highest BCUT2D eigenvalue weighted by Gasteiger charge is 2.19. The lowest BCUT2D eigenvalue weighted by atomic mass is 10.0.